The molecule has 0 aromatic heterocycles. The van der Waals surface area contributed by atoms with Crippen LogP contribution in [0.1, 0.15) is 31.2 Å². The molecule has 0 spiro atoms. The second kappa shape index (κ2) is 6.62. The molecule has 0 radical (unpaired) electrons. The molecule has 0 aliphatic heterocycles. The monoisotopic (exact) mass is 318 g/mol. The Kier molecular flexibility index (Phi) is 5.80. The fraction of sp³-hybridized carbons (Fsp3) is 0.500. The van der Waals surface area contributed by atoms with Gasteiger partial charge < -0.3 is 0 Å². The van der Waals surface area contributed by atoms with Crippen molar-refractivity contribution in [3.05, 3.63) is 35.9 Å². The highest BCUT2D eigenvalue weighted by molar-refractivity contribution is 9.12. The number of halogens is 2. The first-order chi connectivity index (χ1) is 6.74. The first kappa shape index (κ1) is 12.3. The molecule has 0 fully saturated rings. The topological polar surface area (TPSA) is 0 Å². The molecule has 1 aromatic rings. The fourth-order valence-corrected chi connectivity index (χ4v) is 2.04. The van der Waals surface area contributed by atoms with Crippen molar-refractivity contribution in [2.24, 2.45) is 0 Å². The fourth-order valence-electron chi connectivity index (χ4n) is 1.46. The smallest absolute Gasteiger partial charge is 0.0243 e. The standard InChI is InChI=1S/C12H16Br2/c1-10(7-8-12(14)9-13)11-5-3-2-4-6-11/h2-6,10,12H,7-9H2,1H3. The SMILES string of the molecule is CC(CCC(Br)CBr)c1ccccc1. The summed E-state index contributed by atoms with van der Waals surface area (Å²) in [4.78, 5) is 0.605. The Morgan fingerprint density at radius 2 is 1.79 bits per heavy atom. The molecule has 1 aromatic carbocycles. The van der Waals surface area contributed by atoms with Gasteiger partial charge in [0.2, 0.25) is 0 Å². The Balaban J connectivity index is 2.39. The lowest BCUT2D eigenvalue weighted by molar-refractivity contribution is 0.638. The van der Waals surface area contributed by atoms with Crippen LogP contribution in [0.4, 0.5) is 0 Å². The zero-order valence-corrected chi connectivity index (χ0v) is 11.6. The van der Waals surface area contributed by atoms with E-state index in [1.54, 1.807) is 0 Å². The number of rotatable bonds is 5. The molecule has 2 unspecified atom stereocenters. The van der Waals surface area contributed by atoms with Crippen molar-refractivity contribution in [3.63, 3.8) is 0 Å². The van der Waals surface area contributed by atoms with Gasteiger partial charge in [-0.05, 0) is 24.3 Å². The van der Waals surface area contributed by atoms with Gasteiger partial charge in [0.05, 0.1) is 0 Å². The molecule has 0 nitrogen and oxygen atoms in total. The van der Waals surface area contributed by atoms with Gasteiger partial charge in [-0.2, -0.15) is 0 Å². The molecule has 0 saturated heterocycles. The van der Waals surface area contributed by atoms with Gasteiger partial charge in [0.1, 0.15) is 0 Å². The Morgan fingerprint density at radius 1 is 1.14 bits per heavy atom. The maximum Gasteiger partial charge on any atom is 0.0243 e. The van der Waals surface area contributed by atoms with Crippen molar-refractivity contribution in [2.45, 2.75) is 30.5 Å². The minimum Gasteiger partial charge on any atom is -0.0916 e. The van der Waals surface area contributed by atoms with Gasteiger partial charge in [-0.25, -0.2) is 0 Å². The van der Waals surface area contributed by atoms with Gasteiger partial charge in [0, 0.05) is 10.2 Å². The predicted molar refractivity (Wildman–Crippen MR) is 70.6 cm³/mol. The molecule has 0 aliphatic carbocycles. The molecule has 0 amide bonds. The summed E-state index contributed by atoms with van der Waals surface area (Å²) in [6.45, 7) is 2.29. The minimum absolute atomic E-state index is 0.605. The average molecular weight is 320 g/mol. The minimum atomic E-state index is 0.605. The maximum absolute atomic E-state index is 3.63. The maximum atomic E-state index is 3.63. The van der Waals surface area contributed by atoms with Crippen molar-refractivity contribution in [2.75, 3.05) is 5.33 Å². The molecule has 1 rings (SSSR count). The van der Waals surface area contributed by atoms with Crippen molar-refractivity contribution in [1.82, 2.24) is 0 Å². The Labute approximate surface area is 103 Å². The Bertz CT molecular complexity index is 246. The van der Waals surface area contributed by atoms with Crippen molar-refractivity contribution < 1.29 is 0 Å². The van der Waals surface area contributed by atoms with Gasteiger partial charge in [-0.15, -0.1) is 0 Å². The van der Waals surface area contributed by atoms with Gasteiger partial charge in [0.15, 0.2) is 0 Å². The molecule has 2 heteroatoms. The summed E-state index contributed by atoms with van der Waals surface area (Å²) in [5.41, 5.74) is 1.45. The third kappa shape index (κ3) is 4.14. The number of alkyl halides is 2. The summed E-state index contributed by atoms with van der Waals surface area (Å²) in [6.07, 6.45) is 2.47. The highest BCUT2D eigenvalue weighted by Gasteiger charge is 2.08. The summed E-state index contributed by atoms with van der Waals surface area (Å²) in [7, 11) is 0. The summed E-state index contributed by atoms with van der Waals surface area (Å²) < 4.78 is 0. The largest absolute Gasteiger partial charge is 0.0916 e. The van der Waals surface area contributed by atoms with E-state index < -0.39 is 0 Å². The molecule has 78 valence electrons. The summed E-state index contributed by atoms with van der Waals surface area (Å²) in [6, 6.07) is 10.7. The number of benzene rings is 1. The van der Waals surface area contributed by atoms with Crippen LogP contribution >= 0.6 is 31.9 Å². The zero-order valence-electron chi connectivity index (χ0n) is 8.42. The van der Waals surface area contributed by atoms with E-state index >= 15 is 0 Å². The van der Waals surface area contributed by atoms with Gasteiger partial charge in [-0.3, -0.25) is 0 Å². The summed E-state index contributed by atoms with van der Waals surface area (Å²) >= 11 is 7.11. The van der Waals surface area contributed by atoms with E-state index in [-0.39, 0.29) is 0 Å². The van der Waals surface area contributed by atoms with E-state index in [0.29, 0.717) is 10.7 Å². The molecule has 0 bridgehead atoms. The molecule has 0 heterocycles. The van der Waals surface area contributed by atoms with E-state index in [1.165, 1.54) is 18.4 Å². The molecule has 0 N–H and O–H groups in total. The molecular formula is C12H16Br2. The predicted octanol–water partition coefficient (Wildman–Crippen LogP) is 4.73. The summed E-state index contributed by atoms with van der Waals surface area (Å²) in [5.74, 6) is 0.662. The second-order valence-electron chi connectivity index (χ2n) is 3.64. The van der Waals surface area contributed by atoms with Crippen LogP contribution in [0.3, 0.4) is 0 Å². The molecule has 0 aliphatic rings. The van der Waals surface area contributed by atoms with Crippen molar-refractivity contribution in [1.29, 1.82) is 0 Å². The summed E-state index contributed by atoms with van der Waals surface area (Å²) in [5, 5.41) is 1.04. The van der Waals surface area contributed by atoms with Crippen LogP contribution in [0.25, 0.3) is 0 Å². The van der Waals surface area contributed by atoms with Gasteiger partial charge >= 0.3 is 0 Å². The quantitative estimate of drug-likeness (QED) is 0.688. The normalized spacial score (nSPS) is 15.1. The highest BCUT2D eigenvalue weighted by Crippen LogP contribution is 2.23. The Hall–Kier alpha value is 0.180. The van der Waals surface area contributed by atoms with E-state index in [0.717, 1.165) is 5.33 Å². The van der Waals surface area contributed by atoms with E-state index in [2.05, 4.69) is 69.1 Å². The third-order valence-electron chi connectivity index (χ3n) is 2.45. The van der Waals surface area contributed by atoms with Crippen LogP contribution in [-0.4, -0.2) is 10.2 Å². The van der Waals surface area contributed by atoms with Crippen LogP contribution in [0.5, 0.6) is 0 Å². The first-order valence-corrected chi connectivity index (χ1v) is 7.02. The van der Waals surface area contributed by atoms with Crippen molar-refractivity contribution in [3.8, 4) is 0 Å². The molecule has 2 atom stereocenters. The van der Waals surface area contributed by atoms with E-state index in [4.69, 9.17) is 0 Å². The zero-order chi connectivity index (χ0) is 10.4. The van der Waals surface area contributed by atoms with Crippen LogP contribution in [0.15, 0.2) is 30.3 Å². The number of hydrogen-bond donors (Lipinski definition) is 0. The van der Waals surface area contributed by atoms with Crippen LogP contribution in [0, 0.1) is 0 Å². The second-order valence-corrected chi connectivity index (χ2v) is 5.58. The Morgan fingerprint density at radius 3 is 2.36 bits per heavy atom. The number of hydrogen-bond acceptors (Lipinski definition) is 0. The third-order valence-corrected chi connectivity index (χ3v) is 4.88. The average Bonchev–Trinajstić information content (AvgIpc) is 2.26. The molecular weight excluding hydrogens is 304 g/mol. The van der Waals surface area contributed by atoms with Crippen molar-refractivity contribution >= 4 is 31.9 Å². The lowest BCUT2D eigenvalue weighted by atomic mass is 9.96. The van der Waals surface area contributed by atoms with E-state index in [1.807, 2.05) is 0 Å². The molecule has 14 heavy (non-hydrogen) atoms. The lowest BCUT2D eigenvalue weighted by Gasteiger charge is -2.13. The lowest BCUT2D eigenvalue weighted by Crippen LogP contribution is -2.02. The van der Waals surface area contributed by atoms with Crippen LogP contribution in [-0.2, 0) is 0 Å². The van der Waals surface area contributed by atoms with E-state index in [9.17, 15) is 0 Å². The first-order valence-electron chi connectivity index (χ1n) is 4.99. The van der Waals surface area contributed by atoms with Gasteiger partial charge in [-0.1, -0.05) is 69.1 Å². The van der Waals surface area contributed by atoms with Crippen LogP contribution < -0.4 is 0 Å². The highest BCUT2D eigenvalue weighted by atomic mass is 79.9. The van der Waals surface area contributed by atoms with Gasteiger partial charge in [0.25, 0.3) is 0 Å². The molecule has 0 saturated carbocycles. The van der Waals surface area contributed by atoms with Crippen LogP contribution in [0.2, 0.25) is 0 Å².